The fourth-order valence-electron chi connectivity index (χ4n) is 2.34. The molecule has 6 heteroatoms. The van der Waals surface area contributed by atoms with E-state index in [0.29, 0.717) is 0 Å². The number of hydrogen-bond acceptors (Lipinski definition) is 5. The van der Waals surface area contributed by atoms with Crippen molar-refractivity contribution in [2.24, 2.45) is 4.99 Å². The highest BCUT2D eigenvalue weighted by Gasteiger charge is 2.32. The molecule has 0 aromatic heterocycles. The Hall–Kier alpha value is -2.11. The van der Waals surface area contributed by atoms with Gasteiger partial charge in [-0.3, -0.25) is 15.1 Å². The van der Waals surface area contributed by atoms with Crippen molar-refractivity contribution in [3.63, 3.8) is 0 Å². The lowest BCUT2D eigenvalue weighted by Gasteiger charge is -2.24. The van der Waals surface area contributed by atoms with Crippen molar-refractivity contribution in [1.82, 2.24) is 0 Å². The average Bonchev–Trinajstić information content (AvgIpc) is 2.64. The van der Waals surface area contributed by atoms with Crippen molar-refractivity contribution in [2.75, 3.05) is 29.9 Å². The summed E-state index contributed by atoms with van der Waals surface area (Å²) in [6.45, 7) is 1.75. The number of benzene rings is 1. The fourth-order valence-corrected chi connectivity index (χ4v) is 2.34. The van der Waals surface area contributed by atoms with Crippen LogP contribution in [0.1, 0.15) is 6.42 Å². The second-order valence-electron chi connectivity index (χ2n) is 4.18. The van der Waals surface area contributed by atoms with Gasteiger partial charge < -0.3 is 9.80 Å². The highest BCUT2D eigenvalue weighted by molar-refractivity contribution is 6.16. The molecule has 0 aliphatic carbocycles. The van der Waals surface area contributed by atoms with E-state index in [1.165, 1.54) is 0 Å². The zero-order valence-electron chi connectivity index (χ0n) is 9.46. The molecule has 1 aromatic carbocycles. The molecule has 17 heavy (non-hydrogen) atoms. The Balaban J connectivity index is 2.12. The van der Waals surface area contributed by atoms with E-state index in [1.54, 1.807) is 18.2 Å². The molecule has 2 aliphatic rings. The van der Waals surface area contributed by atoms with E-state index >= 15 is 0 Å². The molecule has 0 atom stereocenters. The van der Waals surface area contributed by atoms with Gasteiger partial charge in [0.25, 0.3) is 5.69 Å². The van der Waals surface area contributed by atoms with Gasteiger partial charge in [0.15, 0.2) is 0 Å². The molecule has 0 spiro atoms. The summed E-state index contributed by atoms with van der Waals surface area (Å²) in [6.07, 6.45) is 1.02. The molecule has 0 unspecified atom stereocenters. The predicted molar refractivity (Wildman–Crippen MR) is 65.8 cm³/mol. The van der Waals surface area contributed by atoms with Crippen LogP contribution < -0.4 is 9.80 Å². The van der Waals surface area contributed by atoms with Gasteiger partial charge in [0, 0.05) is 32.3 Å². The molecule has 6 nitrogen and oxygen atoms in total. The SMILES string of the molecule is CN1C2=NCCCN2c2ccc([N+](=O)[O-])cc21. The monoisotopic (exact) mass is 232 g/mol. The van der Waals surface area contributed by atoms with Gasteiger partial charge in [-0.2, -0.15) is 0 Å². The van der Waals surface area contributed by atoms with Gasteiger partial charge in [-0.05, 0) is 12.5 Å². The fraction of sp³-hybridized carbons (Fsp3) is 0.364. The van der Waals surface area contributed by atoms with Gasteiger partial charge in [-0.1, -0.05) is 0 Å². The Morgan fingerprint density at radius 3 is 3.00 bits per heavy atom. The maximum atomic E-state index is 10.8. The first-order valence-electron chi connectivity index (χ1n) is 5.52. The summed E-state index contributed by atoms with van der Waals surface area (Å²) < 4.78 is 0. The third-order valence-electron chi connectivity index (χ3n) is 3.16. The summed E-state index contributed by atoms with van der Waals surface area (Å²) >= 11 is 0. The van der Waals surface area contributed by atoms with E-state index in [1.807, 2.05) is 11.9 Å². The molecule has 0 amide bonds. The van der Waals surface area contributed by atoms with Crippen molar-refractivity contribution in [2.45, 2.75) is 6.42 Å². The van der Waals surface area contributed by atoms with Crippen LogP contribution in [0, 0.1) is 10.1 Å². The Kier molecular flexibility index (Phi) is 2.04. The van der Waals surface area contributed by atoms with Gasteiger partial charge in [0.2, 0.25) is 5.96 Å². The first-order valence-corrected chi connectivity index (χ1v) is 5.52. The Morgan fingerprint density at radius 2 is 2.24 bits per heavy atom. The topological polar surface area (TPSA) is 62.0 Å². The lowest BCUT2D eigenvalue weighted by molar-refractivity contribution is -0.384. The third kappa shape index (κ3) is 1.37. The van der Waals surface area contributed by atoms with Crippen molar-refractivity contribution in [3.05, 3.63) is 28.3 Å². The Labute approximate surface area is 98.3 Å². The number of aliphatic imine (C=N–C) groups is 1. The summed E-state index contributed by atoms with van der Waals surface area (Å²) in [5, 5.41) is 10.8. The Bertz CT molecular complexity index is 526. The smallest absolute Gasteiger partial charge is 0.271 e. The van der Waals surface area contributed by atoms with Gasteiger partial charge in [-0.15, -0.1) is 0 Å². The van der Waals surface area contributed by atoms with E-state index in [0.717, 1.165) is 36.8 Å². The second-order valence-corrected chi connectivity index (χ2v) is 4.18. The minimum absolute atomic E-state index is 0.121. The van der Waals surface area contributed by atoms with E-state index in [9.17, 15) is 10.1 Å². The highest BCUT2D eigenvalue weighted by Crippen LogP contribution is 2.39. The van der Waals surface area contributed by atoms with E-state index in [-0.39, 0.29) is 10.6 Å². The maximum Gasteiger partial charge on any atom is 0.271 e. The molecule has 1 aromatic rings. The van der Waals surface area contributed by atoms with Gasteiger partial charge in [0.1, 0.15) is 0 Å². The number of guanidine groups is 1. The molecule has 0 bridgehead atoms. The third-order valence-corrected chi connectivity index (χ3v) is 3.16. The number of nitro benzene ring substituents is 1. The van der Waals surface area contributed by atoms with Gasteiger partial charge in [0.05, 0.1) is 16.3 Å². The number of hydrogen-bond donors (Lipinski definition) is 0. The van der Waals surface area contributed by atoms with Gasteiger partial charge in [-0.25, -0.2) is 0 Å². The molecule has 0 fully saturated rings. The summed E-state index contributed by atoms with van der Waals surface area (Å²) in [6, 6.07) is 4.96. The van der Waals surface area contributed by atoms with Crippen LogP contribution in [0.4, 0.5) is 17.1 Å². The summed E-state index contributed by atoms with van der Waals surface area (Å²) in [7, 11) is 1.90. The molecule has 2 aliphatic heterocycles. The average molecular weight is 232 g/mol. The molecular formula is C11H12N4O2. The number of rotatable bonds is 1. The van der Waals surface area contributed by atoms with Crippen LogP contribution in [-0.2, 0) is 0 Å². The molecule has 3 rings (SSSR count). The van der Waals surface area contributed by atoms with E-state index in [2.05, 4.69) is 9.89 Å². The lowest BCUT2D eigenvalue weighted by atomic mass is 10.2. The van der Waals surface area contributed by atoms with Crippen LogP contribution in [-0.4, -0.2) is 31.0 Å². The minimum Gasteiger partial charge on any atom is -0.313 e. The molecule has 0 saturated heterocycles. The number of nitrogens with zero attached hydrogens (tertiary/aromatic N) is 4. The van der Waals surface area contributed by atoms with Crippen LogP contribution in [0.5, 0.6) is 0 Å². The molecular weight excluding hydrogens is 220 g/mol. The quantitative estimate of drug-likeness (QED) is 0.545. The molecule has 2 heterocycles. The number of fused-ring (bicyclic) bond motifs is 3. The van der Waals surface area contributed by atoms with Crippen molar-refractivity contribution in [1.29, 1.82) is 0 Å². The van der Waals surface area contributed by atoms with Gasteiger partial charge >= 0.3 is 0 Å². The van der Waals surface area contributed by atoms with Crippen LogP contribution in [0.3, 0.4) is 0 Å². The lowest BCUT2D eigenvalue weighted by Crippen LogP contribution is -2.39. The van der Waals surface area contributed by atoms with Crippen LogP contribution in [0.2, 0.25) is 0 Å². The molecule has 0 radical (unpaired) electrons. The van der Waals surface area contributed by atoms with Crippen LogP contribution in [0.25, 0.3) is 0 Å². The summed E-state index contributed by atoms with van der Waals surface area (Å²) in [5.74, 6) is 0.895. The molecule has 0 saturated carbocycles. The maximum absolute atomic E-state index is 10.8. The summed E-state index contributed by atoms with van der Waals surface area (Å²) in [5.41, 5.74) is 1.99. The largest absolute Gasteiger partial charge is 0.313 e. The number of non-ortho nitro benzene ring substituents is 1. The first-order chi connectivity index (χ1) is 8.18. The zero-order valence-corrected chi connectivity index (χ0v) is 9.46. The van der Waals surface area contributed by atoms with Crippen LogP contribution in [0.15, 0.2) is 23.2 Å². The van der Waals surface area contributed by atoms with E-state index in [4.69, 9.17) is 0 Å². The number of anilines is 2. The first kappa shape index (κ1) is 10.1. The standard InChI is InChI=1S/C11H12N4O2/c1-13-10-7-8(15(16)17)3-4-9(10)14-6-2-5-12-11(13)14/h3-4,7H,2,5-6H2,1H3. The minimum atomic E-state index is -0.368. The predicted octanol–water partition coefficient (Wildman–Crippen LogP) is 1.61. The van der Waals surface area contributed by atoms with Crippen molar-refractivity contribution in [3.8, 4) is 0 Å². The normalized spacial score (nSPS) is 17.6. The second kappa shape index (κ2) is 3.44. The van der Waals surface area contributed by atoms with Crippen LogP contribution >= 0.6 is 0 Å². The van der Waals surface area contributed by atoms with Crippen molar-refractivity contribution < 1.29 is 4.92 Å². The van der Waals surface area contributed by atoms with E-state index < -0.39 is 0 Å². The van der Waals surface area contributed by atoms with Crippen molar-refractivity contribution >= 4 is 23.0 Å². The molecule has 88 valence electrons. The number of nitro groups is 1. The molecule has 0 N–H and O–H groups in total. The zero-order chi connectivity index (χ0) is 12.0. The summed E-state index contributed by atoms with van der Waals surface area (Å²) in [4.78, 5) is 18.9. The Morgan fingerprint density at radius 1 is 1.41 bits per heavy atom. The highest BCUT2D eigenvalue weighted by atomic mass is 16.6.